The number of nitrogens with zero attached hydrogens (tertiary/aromatic N) is 1. The molecule has 2 amide bonds. The number of likely N-dealkylation sites (N-methyl/N-ethyl adjacent to an activating group) is 1. The van der Waals surface area contributed by atoms with Gasteiger partial charge in [0, 0.05) is 13.0 Å². The lowest BCUT2D eigenvalue weighted by atomic mass is 9.74. The number of benzene rings is 2. The minimum Gasteiger partial charge on any atom is -0.479 e. The van der Waals surface area contributed by atoms with Crippen LogP contribution in [0.25, 0.3) is 11.1 Å². The van der Waals surface area contributed by atoms with Crippen LogP contribution in [0, 0.1) is 5.41 Å². The van der Waals surface area contributed by atoms with Crippen molar-refractivity contribution in [1.82, 2.24) is 10.2 Å². The van der Waals surface area contributed by atoms with Crippen molar-refractivity contribution in [2.45, 2.75) is 57.5 Å². The number of aliphatic carboxylic acids is 1. The molecule has 0 unspecified atom stereocenters. The van der Waals surface area contributed by atoms with Crippen molar-refractivity contribution in [2.75, 3.05) is 13.7 Å². The summed E-state index contributed by atoms with van der Waals surface area (Å²) in [6.45, 7) is 5.64. The number of hydrogen-bond acceptors (Lipinski definition) is 4. The Bertz CT molecular complexity index is 1070. The normalized spacial score (nSPS) is 17.1. The Morgan fingerprint density at radius 2 is 1.59 bits per heavy atom. The first-order chi connectivity index (χ1) is 16.1. The number of fused-ring (bicyclic) bond motifs is 3. The largest absolute Gasteiger partial charge is 0.479 e. The zero-order valence-electron chi connectivity index (χ0n) is 20.1. The topological polar surface area (TPSA) is 95.9 Å². The third-order valence-electron chi connectivity index (χ3n) is 7.27. The lowest BCUT2D eigenvalue weighted by Gasteiger charge is -2.47. The Kier molecular flexibility index (Phi) is 6.14. The summed E-state index contributed by atoms with van der Waals surface area (Å²) in [5.74, 6) is -1.53. The second-order valence-electron chi connectivity index (χ2n) is 10.4. The second kappa shape index (κ2) is 8.78. The van der Waals surface area contributed by atoms with Crippen LogP contribution in [0.5, 0.6) is 0 Å². The highest BCUT2D eigenvalue weighted by Gasteiger charge is 2.52. The standard InChI is InChI=1S/C27H32N2O5/c1-26(2,3)22(23(30)29(4)27(24(31)32)14-9-15-27)28-25(33)34-16-21-19-12-7-5-10-17(19)18-11-6-8-13-20(18)21/h5-8,10-13,21-22H,9,14-16H2,1-4H3,(H,28,33)(H,31,32)/t22-/m0/s1. The third-order valence-corrected chi connectivity index (χ3v) is 7.27. The van der Waals surface area contributed by atoms with Crippen molar-refractivity contribution in [3.63, 3.8) is 0 Å². The summed E-state index contributed by atoms with van der Waals surface area (Å²) in [5, 5.41) is 12.5. The number of ether oxygens (including phenoxy) is 1. The first-order valence-electron chi connectivity index (χ1n) is 11.7. The molecule has 0 spiro atoms. The molecule has 0 aliphatic heterocycles. The van der Waals surface area contributed by atoms with Gasteiger partial charge in [-0.1, -0.05) is 69.3 Å². The number of hydrogen-bond donors (Lipinski definition) is 2. The van der Waals surface area contributed by atoms with Gasteiger partial charge in [0.1, 0.15) is 18.2 Å². The minimum atomic E-state index is -1.20. The molecule has 0 radical (unpaired) electrons. The van der Waals surface area contributed by atoms with Crippen LogP contribution in [-0.2, 0) is 14.3 Å². The highest BCUT2D eigenvalue weighted by molar-refractivity contribution is 5.92. The molecule has 0 aromatic heterocycles. The second-order valence-corrected chi connectivity index (χ2v) is 10.4. The van der Waals surface area contributed by atoms with Crippen LogP contribution in [0.3, 0.4) is 0 Å². The molecule has 2 aromatic rings. The molecule has 7 heteroatoms. The van der Waals surface area contributed by atoms with E-state index in [-0.39, 0.29) is 12.5 Å². The van der Waals surface area contributed by atoms with E-state index in [0.29, 0.717) is 12.8 Å². The maximum absolute atomic E-state index is 13.3. The van der Waals surface area contributed by atoms with Crippen LogP contribution in [0.1, 0.15) is 57.1 Å². The van der Waals surface area contributed by atoms with Crippen LogP contribution in [0.2, 0.25) is 0 Å². The number of carboxylic acids is 1. The van der Waals surface area contributed by atoms with Crippen molar-refractivity contribution in [3.8, 4) is 11.1 Å². The number of carbonyl (C=O) groups excluding carboxylic acids is 2. The molecule has 2 N–H and O–H groups in total. The first kappa shape index (κ1) is 23.8. The molecular formula is C27H32N2O5. The Balaban J connectivity index is 1.48. The minimum absolute atomic E-state index is 0.0881. The van der Waals surface area contributed by atoms with Gasteiger partial charge in [-0.05, 0) is 46.9 Å². The average Bonchev–Trinajstić information content (AvgIpc) is 3.07. The molecule has 1 atom stereocenters. The summed E-state index contributed by atoms with van der Waals surface area (Å²) in [6.07, 6.45) is 0.879. The highest BCUT2D eigenvalue weighted by Crippen LogP contribution is 2.44. The Morgan fingerprint density at radius 3 is 2.03 bits per heavy atom. The molecule has 4 rings (SSSR count). The lowest BCUT2D eigenvalue weighted by molar-refractivity contribution is -0.166. The van der Waals surface area contributed by atoms with E-state index in [9.17, 15) is 19.5 Å². The molecule has 0 saturated heterocycles. The molecular weight excluding hydrogens is 432 g/mol. The van der Waals surface area contributed by atoms with Crippen LogP contribution in [0.4, 0.5) is 4.79 Å². The zero-order chi connectivity index (χ0) is 24.7. The fourth-order valence-corrected chi connectivity index (χ4v) is 5.02. The van der Waals surface area contributed by atoms with Crippen molar-refractivity contribution in [3.05, 3.63) is 59.7 Å². The van der Waals surface area contributed by atoms with Crippen molar-refractivity contribution >= 4 is 18.0 Å². The van der Waals surface area contributed by atoms with Crippen molar-refractivity contribution < 1.29 is 24.2 Å². The lowest BCUT2D eigenvalue weighted by Crippen LogP contribution is -2.65. The molecule has 180 valence electrons. The van der Waals surface area contributed by atoms with Gasteiger partial charge in [0.25, 0.3) is 0 Å². The van der Waals surface area contributed by atoms with Gasteiger partial charge in [-0.25, -0.2) is 9.59 Å². The van der Waals surface area contributed by atoms with Crippen LogP contribution >= 0.6 is 0 Å². The van der Waals surface area contributed by atoms with Gasteiger partial charge in [-0.15, -0.1) is 0 Å². The van der Waals surface area contributed by atoms with E-state index in [0.717, 1.165) is 28.7 Å². The Morgan fingerprint density at radius 1 is 1.06 bits per heavy atom. The van der Waals surface area contributed by atoms with Crippen LogP contribution in [0.15, 0.2) is 48.5 Å². The summed E-state index contributed by atoms with van der Waals surface area (Å²) < 4.78 is 5.63. The summed E-state index contributed by atoms with van der Waals surface area (Å²) >= 11 is 0. The highest BCUT2D eigenvalue weighted by atomic mass is 16.5. The van der Waals surface area contributed by atoms with Gasteiger partial charge in [-0.3, -0.25) is 4.79 Å². The number of nitrogens with one attached hydrogen (secondary N) is 1. The van der Waals surface area contributed by atoms with Gasteiger partial charge in [-0.2, -0.15) is 0 Å². The third kappa shape index (κ3) is 4.04. The van der Waals surface area contributed by atoms with Crippen molar-refractivity contribution in [2.24, 2.45) is 5.41 Å². The average molecular weight is 465 g/mol. The number of carboxylic acid groups (broad SMARTS) is 1. The van der Waals surface area contributed by atoms with E-state index in [1.165, 1.54) is 11.9 Å². The van der Waals surface area contributed by atoms with Gasteiger partial charge < -0.3 is 20.1 Å². The van der Waals surface area contributed by atoms with E-state index >= 15 is 0 Å². The fourth-order valence-electron chi connectivity index (χ4n) is 5.02. The van der Waals surface area contributed by atoms with Crippen LogP contribution < -0.4 is 5.32 Å². The van der Waals surface area contributed by atoms with E-state index in [2.05, 4.69) is 17.4 Å². The van der Waals surface area contributed by atoms with Crippen molar-refractivity contribution in [1.29, 1.82) is 0 Å². The smallest absolute Gasteiger partial charge is 0.407 e. The molecule has 34 heavy (non-hydrogen) atoms. The summed E-state index contributed by atoms with van der Waals surface area (Å²) in [7, 11) is 1.51. The molecule has 2 aromatic carbocycles. The summed E-state index contributed by atoms with van der Waals surface area (Å²) in [6, 6.07) is 15.2. The number of alkyl carbamates (subject to hydrolysis) is 1. The predicted molar refractivity (Wildman–Crippen MR) is 128 cm³/mol. The SMILES string of the molecule is CN(C(=O)[C@H](NC(=O)OCC1c2ccccc2-c2ccccc21)C(C)(C)C)C1(C(=O)O)CCC1. The predicted octanol–water partition coefficient (Wildman–Crippen LogP) is 4.41. The van der Waals surface area contributed by atoms with Crippen LogP contribution in [-0.4, -0.2) is 53.2 Å². The monoisotopic (exact) mass is 464 g/mol. The summed E-state index contributed by atoms with van der Waals surface area (Å²) in [4.78, 5) is 39.4. The van der Waals surface area contributed by atoms with Gasteiger partial charge in [0.05, 0.1) is 0 Å². The van der Waals surface area contributed by atoms with Gasteiger partial charge >= 0.3 is 12.1 Å². The Labute approximate surface area is 200 Å². The first-order valence-corrected chi connectivity index (χ1v) is 11.7. The number of amides is 2. The molecule has 0 heterocycles. The number of carbonyl (C=O) groups is 3. The molecule has 0 bridgehead atoms. The Hall–Kier alpha value is -3.35. The van der Waals surface area contributed by atoms with E-state index < -0.39 is 35.0 Å². The molecule has 7 nitrogen and oxygen atoms in total. The van der Waals surface area contributed by atoms with E-state index in [1.54, 1.807) is 0 Å². The fraction of sp³-hybridized carbons (Fsp3) is 0.444. The molecule has 1 saturated carbocycles. The molecule has 2 aliphatic rings. The quantitative estimate of drug-likeness (QED) is 0.660. The molecule has 2 aliphatic carbocycles. The zero-order valence-corrected chi connectivity index (χ0v) is 20.1. The number of rotatable bonds is 6. The van der Waals surface area contributed by atoms with E-state index in [4.69, 9.17) is 4.74 Å². The van der Waals surface area contributed by atoms with Gasteiger partial charge in [0.15, 0.2) is 0 Å². The maximum Gasteiger partial charge on any atom is 0.407 e. The van der Waals surface area contributed by atoms with E-state index in [1.807, 2.05) is 57.2 Å². The maximum atomic E-state index is 13.3. The van der Waals surface area contributed by atoms with Gasteiger partial charge in [0.2, 0.25) is 5.91 Å². The summed E-state index contributed by atoms with van der Waals surface area (Å²) in [5.41, 5.74) is 2.64. The molecule has 1 fully saturated rings.